The highest BCUT2D eigenvalue weighted by atomic mass is 19.1. The average molecular weight is 388 g/mol. The summed E-state index contributed by atoms with van der Waals surface area (Å²) in [7, 11) is 0. The number of rotatable bonds is 4. The Balaban J connectivity index is 0.000000257. The van der Waals surface area contributed by atoms with E-state index in [-0.39, 0.29) is 19.2 Å². The van der Waals surface area contributed by atoms with Gasteiger partial charge in [0, 0.05) is 20.4 Å². The topological polar surface area (TPSA) is 71.3 Å². The fourth-order valence-electron chi connectivity index (χ4n) is 3.60. The van der Waals surface area contributed by atoms with Gasteiger partial charge < -0.3 is 14.6 Å². The summed E-state index contributed by atoms with van der Waals surface area (Å²) in [5.41, 5.74) is 0.596. The smallest absolute Gasteiger partial charge is 0.316 e. The summed E-state index contributed by atoms with van der Waals surface area (Å²) in [4.78, 5) is 14.4. The van der Waals surface area contributed by atoms with Crippen LogP contribution in [-0.4, -0.2) is 40.1 Å². The van der Waals surface area contributed by atoms with Crippen molar-refractivity contribution in [3.63, 3.8) is 0 Å². The highest BCUT2D eigenvalue weighted by Gasteiger charge is 2.45. The molecule has 1 spiro atoms. The van der Waals surface area contributed by atoms with E-state index in [4.69, 9.17) is 4.42 Å². The SMILES string of the molecule is C[C@H](Nc1nnc(C2CC2)o1)C(=O)N1CCC2(CC1)CC2.Fc1ccccc1.[HH]. The quantitative estimate of drug-likeness (QED) is 0.849. The minimum atomic E-state index is -0.314. The number of nitrogens with one attached hydrogen (secondary N) is 1. The van der Waals surface area contributed by atoms with E-state index in [1.165, 1.54) is 25.0 Å². The van der Waals surface area contributed by atoms with Crippen LogP contribution in [0.4, 0.5) is 10.4 Å². The lowest BCUT2D eigenvalue weighted by atomic mass is 9.93. The van der Waals surface area contributed by atoms with Crippen molar-refractivity contribution in [3.8, 4) is 0 Å². The van der Waals surface area contributed by atoms with Crippen molar-refractivity contribution in [1.29, 1.82) is 0 Å². The van der Waals surface area contributed by atoms with Crippen LogP contribution in [0.3, 0.4) is 0 Å². The fourth-order valence-corrected chi connectivity index (χ4v) is 3.60. The van der Waals surface area contributed by atoms with Gasteiger partial charge in [-0.2, -0.15) is 0 Å². The lowest BCUT2D eigenvalue weighted by Crippen LogP contribution is -2.45. The van der Waals surface area contributed by atoms with E-state index in [1.807, 2.05) is 11.8 Å². The van der Waals surface area contributed by atoms with Gasteiger partial charge in [0.05, 0.1) is 0 Å². The molecule has 6 nitrogen and oxygen atoms in total. The highest BCUT2D eigenvalue weighted by molar-refractivity contribution is 5.83. The van der Waals surface area contributed by atoms with Gasteiger partial charge in [0.1, 0.15) is 11.9 Å². The van der Waals surface area contributed by atoms with Crippen molar-refractivity contribution in [2.24, 2.45) is 5.41 Å². The van der Waals surface area contributed by atoms with Crippen molar-refractivity contribution in [3.05, 3.63) is 42.0 Å². The zero-order valence-electron chi connectivity index (χ0n) is 16.2. The third kappa shape index (κ3) is 4.69. The number of amides is 1. The predicted molar refractivity (Wildman–Crippen MR) is 105 cm³/mol. The van der Waals surface area contributed by atoms with Gasteiger partial charge in [-0.25, -0.2) is 4.39 Å². The third-order valence-corrected chi connectivity index (χ3v) is 5.90. The van der Waals surface area contributed by atoms with Crippen molar-refractivity contribution in [2.75, 3.05) is 18.4 Å². The largest absolute Gasteiger partial charge is 0.408 e. The Labute approximate surface area is 166 Å². The van der Waals surface area contributed by atoms with Gasteiger partial charge >= 0.3 is 6.01 Å². The maximum absolute atomic E-state index is 12.5. The number of halogens is 1. The van der Waals surface area contributed by atoms with E-state index in [0.29, 0.717) is 23.2 Å². The van der Waals surface area contributed by atoms with Crippen molar-refractivity contribution in [2.45, 2.75) is 57.4 Å². The molecule has 3 aliphatic rings. The zero-order chi connectivity index (χ0) is 19.6. The van der Waals surface area contributed by atoms with E-state index >= 15 is 0 Å². The van der Waals surface area contributed by atoms with Crippen molar-refractivity contribution >= 4 is 11.9 Å². The first-order valence-electron chi connectivity index (χ1n) is 10.1. The van der Waals surface area contributed by atoms with E-state index in [9.17, 15) is 9.18 Å². The second kappa shape index (κ2) is 7.89. The lowest BCUT2D eigenvalue weighted by molar-refractivity contribution is -0.133. The number of anilines is 1. The summed E-state index contributed by atoms with van der Waals surface area (Å²) in [6.07, 6.45) is 7.30. The molecule has 0 radical (unpaired) electrons. The molecular formula is C21H29FN4O2. The predicted octanol–water partition coefficient (Wildman–Crippen LogP) is 4.22. The highest BCUT2D eigenvalue weighted by Crippen LogP contribution is 2.53. The Morgan fingerprint density at radius 3 is 2.43 bits per heavy atom. The number of likely N-dealkylation sites (tertiary alicyclic amines) is 1. The molecule has 1 N–H and O–H groups in total. The first kappa shape index (κ1) is 18.9. The molecular weight excluding hydrogens is 359 g/mol. The third-order valence-electron chi connectivity index (χ3n) is 5.90. The summed E-state index contributed by atoms with van der Waals surface area (Å²) in [5.74, 6) is 1.10. The normalized spacial score (nSPS) is 20.9. The number of carbonyl (C=O) groups is 1. The Hall–Kier alpha value is -2.44. The molecule has 1 aliphatic heterocycles. The van der Waals surface area contributed by atoms with Crippen LogP contribution < -0.4 is 5.32 Å². The van der Waals surface area contributed by atoms with Gasteiger partial charge in [0.25, 0.3) is 0 Å². The number of aromatic nitrogens is 2. The maximum Gasteiger partial charge on any atom is 0.316 e. The first-order chi connectivity index (χ1) is 13.5. The Kier molecular flexibility index (Phi) is 5.33. The number of hydrogen-bond donors (Lipinski definition) is 1. The Morgan fingerprint density at radius 2 is 1.89 bits per heavy atom. The molecule has 1 aromatic carbocycles. The van der Waals surface area contributed by atoms with Crippen LogP contribution in [0.2, 0.25) is 0 Å². The second-order valence-corrected chi connectivity index (χ2v) is 8.21. The van der Waals surface area contributed by atoms with E-state index in [2.05, 4.69) is 15.5 Å². The van der Waals surface area contributed by atoms with Crippen LogP contribution in [0.5, 0.6) is 0 Å². The minimum absolute atomic E-state index is 0. The molecule has 1 amide bonds. The molecule has 2 aromatic rings. The van der Waals surface area contributed by atoms with Crippen LogP contribution in [0.25, 0.3) is 0 Å². The van der Waals surface area contributed by atoms with Gasteiger partial charge in [-0.15, -0.1) is 5.10 Å². The van der Waals surface area contributed by atoms with Crippen LogP contribution in [0, 0.1) is 11.2 Å². The minimum Gasteiger partial charge on any atom is -0.408 e. The van der Waals surface area contributed by atoms with Gasteiger partial charge in [-0.05, 0) is 63.0 Å². The summed E-state index contributed by atoms with van der Waals surface area (Å²) < 4.78 is 17.5. The molecule has 1 saturated heterocycles. The lowest BCUT2D eigenvalue weighted by Gasteiger charge is -2.33. The molecule has 152 valence electrons. The maximum atomic E-state index is 12.5. The van der Waals surface area contributed by atoms with Gasteiger partial charge in [-0.1, -0.05) is 23.3 Å². The molecule has 5 rings (SSSR count). The van der Waals surface area contributed by atoms with E-state index < -0.39 is 0 Å². The molecule has 1 aromatic heterocycles. The average Bonchev–Trinajstić information content (AvgIpc) is 3.64. The number of carbonyl (C=O) groups excluding carboxylic acids is 1. The van der Waals surface area contributed by atoms with Gasteiger partial charge in [-0.3, -0.25) is 4.79 Å². The number of hydrogen-bond acceptors (Lipinski definition) is 5. The Bertz CT molecular complexity index is 798. The summed E-state index contributed by atoms with van der Waals surface area (Å²) >= 11 is 0. The monoisotopic (exact) mass is 388 g/mol. The molecule has 3 fully saturated rings. The summed E-state index contributed by atoms with van der Waals surface area (Å²) in [6.45, 7) is 3.65. The van der Waals surface area contributed by atoms with Crippen LogP contribution in [-0.2, 0) is 4.79 Å². The van der Waals surface area contributed by atoms with Crippen LogP contribution in [0.15, 0.2) is 34.7 Å². The van der Waals surface area contributed by atoms with Gasteiger partial charge in [0.2, 0.25) is 11.8 Å². The molecule has 2 aliphatic carbocycles. The number of piperidine rings is 1. The second-order valence-electron chi connectivity index (χ2n) is 8.21. The molecule has 28 heavy (non-hydrogen) atoms. The van der Waals surface area contributed by atoms with E-state index in [1.54, 1.807) is 18.2 Å². The number of nitrogens with zero attached hydrogens (tertiary/aromatic N) is 3. The molecule has 2 heterocycles. The number of benzene rings is 1. The standard InChI is InChI=1S/C15H22N4O2.C6H5F.H2/c1-10(16-14-18-17-12(21-14)11-2-3-11)13(20)19-8-6-15(4-5-15)7-9-19;7-6-4-2-1-3-5-6;/h10-11H,2-9H2,1H3,(H,16,18);1-5H;1H/t10-;;/m0../s1. The molecule has 0 unspecified atom stereocenters. The first-order valence-corrected chi connectivity index (χ1v) is 10.1. The summed E-state index contributed by atoms with van der Waals surface area (Å²) in [6, 6.07) is 7.99. The molecule has 1 atom stereocenters. The molecule has 0 bridgehead atoms. The van der Waals surface area contributed by atoms with Crippen LogP contribution >= 0.6 is 0 Å². The summed E-state index contributed by atoms with van der Waals surface area (Å²) in [5, 5.41) is 11.1. The zero-order valence-corrected chi connectivity index (χ0v) is 16.2. The molecule has 7 heteroatoms. The van der Waals surface area contributed by atoms with Crippen LogP contribution in [0.1, 0.15) is 58.7 Å². The van der Waals surface area contributed by atoms with Crippen molar-refractivity contribution in [1.82, 2.24) is 15.1 Å². The van der Waals surface area contributed by atoms with Gasteiger partial charge in [0.15, 0.2) is 0 Å². The molecule has 2 saturated carbocycles. The van der Waals surface area contributed by atoms with E-state index in [0.717, 1.165) is 38.8 Å². The Morgan fingerprint density at radius 1 is 1.21 bits per heavy atom. The van der Waals surface area contributed by atoms with Crippen molar-refractivity contribution < 1.29 is 15.0 Å². The fraction of sp³-hybridized carbons (Fsp3) is 0.571.